The summed E-state index contributed by atoms with van der Waals surface area (Å²) in [6.45, 7) is 0. The summed E-state index contributed by atoms with van der Waals surface area (Å²) in [5, 5.41) is 0. The molecule has 68 valence electrons. The second-order valence-electron chi connectivity index (χ2n) is 1.10. The molecule has 0 N–H and O–H groups in total. The topological polar surface area (TPSA) is 25.8 Å². The third-order valence-electron chi connectivity index (χ3n) is 0.479. The Bertz CT molecular complexity index is 178. The number of nitrogens with zero attached hydrogens (tertiary/aromatic N) is 2. The molecular weight excluding hydrogens is 400 g/mol. The molecule has 13 heavy (non-hydrogen) atoms. The van der Waals surface area contributed by atoms with Crippen LogP contribution in [0.25, 0.3) is 0 Å². The molecule has 0 amide bonds. The van der Waals surface area contributed by atoms with Gasteiger partial charge in [0.2, 0.25) is 0 Å². The van der Waals surface area contributed by atoms with Crippen molar-refractivity contribution in [1.29, 1.82) is 0 Å². The molecule has 0 bridgehead atoms. The molecule has 2 rings (SSSR count). The van der Waals surface area contributed by atoms with Crippen LogP contribution in [0.15, 0.2) is 0 Å². The van der Waals surface area contributed by atoms with E-state index in [-0.39, 0.29) is 0 Å². The van der Waals surface area contributed by atoms with Gasteiger partial charge in [0, 0.05) is 0 Å². The van der Waals surface area contributed by atoms with Gasteiger partial charge >= 0.3 is 37.9 Å². The van der Waals surface area contributed by atoms with Crippen LogP contribution in [-0.2, 0) is 20.8 Å². The van der Waals surface area contributed by atoms with E-state index in [0.717, 1.165) is 16.1 Å². The normalized spacial score (nSPS) is 10.6. The van der Waals surface area contributed by atoms with Crippen molar-refractivity contribution in [1.82, 2.24) is 9.49 Å². The minimum Gasteiger partial charge on any atom is -0.447 e. The molecule has 0 spiro atoms. The molecular formula is C2H2Cl2N2P6Zr. The van der Waals surface area contributed by atoms with Crippen LogP contribution in [-0.4, -0.2) is 9.49 Å². The first-order chi connectivity index (χ1) is 6.41. The quantitative estimate of drug-likeness (QED) is 0.543. The van der Waals surface area contributed by atoms with Crippen molar-refractivity contribution in [3.8, 4) is 0 Å². The smallest absolute Gasteiger partial charge is 0.0451 e. The van der Waals surface area contributed by atoms with E-state index in [9.17, 15) is 0 Å². The van der Waals surface area contributed by atoms with Crippen molar-refractivity contribution in [2.45, 2.75) is 0 Å². The number of aromatic nitrogens is 2. The van der Waals surface area contributed by atoms with Crippen LogP contribution in [0.3, 0.4) is 0 Å². The molecule has 0 aromatic carbocycles. The van der Waals surface area contributed by atoms with Gasteiger partial charge in [-0.15, -0.1) is 0 Å². The third-order valence-corrected chi connectivity index (χ3v) is 7.72. The molecule has 0 saturated heterocycles. The van der Waals surface area contributed by atoms with Gasteiger partial charge in [0.05, 0.1) is 0 Å². The largest absolute Gasteiger partial charge is 0.447 e. The van der Waals surface area contributed by atoms with Crippen molar-refractivity contribution in [2.75, 3.05) is 0 Å². The Morgan fingerprint density at radius 3 is 1.46 bits per heavy atom. The Morgan fingerprint density at radius 2 is 1.38 bits per heavy atom. The predicted octanol–water partition coefficient (Wildman–Crippen LogP) is 5.52. The van der Waals surface area contributed by atoms with Gasteiger partial charge in [0.15, 0.2) is 0 Å². The summed E-state index contributed by atoms with van der Waals surface area (Å²) in [5.74, 6) is 5.64. The van der Waals surface area contributed by atoms with E-state index in [1.165, 1.54) is 30.8 Å². The van der Waals surface area contributed by atoms with Crippen molar-refractivity contribution in [3.05, 3.63) is 11.9 Å². The maximum absolute atomic E-state index is 4.93. The molecule has 0 radical (unpaired) electrons. The van der Waals surface area contributed by atoms with Crippen molar-refractivity contribution in [2.24, 2.45) is 0 Å². The molecule has 0 aliphatic rings. The monoisotopic (exact) mass is 400 g/mol. The van der Waals surface area contributed by atoms with Gasteiger partial charge < -0.3 is 21.4 Å². The first-order valence-electron chi connectivity index (χ1n) is 2.57. The molecule has 0 aliphatic carbocycles. The minimum absolute atomic E-state index is 0.782. The molecule has 11 heteroatoms. The summed E-state index contributed by atoms with van der Waals surface area (Å²) >= 11 is -0.826. The van der Waals surface area contributed by atoms with Gasteiger partial charge in [0.1, 0.15) is 0 Å². The van der Waals surface area contributed by atoms with Gasteiger partial charge in [-0.05, 0) is 15.1 Å². The molecule has 0 aliphatic heterocycles. The summed E-state index contributed by atoms with van der Waals surface area (Å²) in [7, 11) is 16.8. The molecule has 2 unspecified atom stereocenters. The third kappa shape index (κ3) is 14.6. The standard InChI is InChI=1S/2CHNP3.2ClH.Zr/c2*1-2-4-5-3-1;;;/h2*4H;2*1H;/q2*-1;;;+4/p-2. The average Bonchev–Trinajstić information content (AvgIpc) is 2.85. The van der Waals surface area contributed by atoms with Gasteiger partial charge in [0.25, 0.3) is 0 Å². The molecule has 2 heterocycles. The van der Waals surface area contributed by atoms with E-state index in [1.807, 2.05) is 0 Å². The molecule has 2 aromatic rings. The Kier molecular flexibility index (Phi) is 17.5. The Morgan fingerprint density at radius 1 is 1.00 bits per heavy atom. The molecule has 0 saturated carbocycles. The molecule has 2 aromatic heterocycles. The summed E-state index contributed by atoms with van der Waals surface area (Å²) in [5.41, 5.74) is 0. The zero-order valence-electron chi connectivity index (χ0n) is 5.94. The van der Waals surface area contributed by atoms with Crippen LogP contribution in [0.5, 0.6) is 0 Å². The number of hydrogen-bond donors (Lipinski definition) is 0. The van der Waals surface area contributed by atoms with E-state index in [0.29, 0.717) is 0 Å². The van der Waals surface area contributed by atoms with E-state index in [1.54, 1.807) is 0 Å². The van der Waals surface area contributed by atoms with Gasteiger partial charge in [-0.2, -0.15) is 0 Å². The number of halogens is 2. The van der Waals surface area contributed by atoms with Crippen molar-refractivity contribution >= 4 is 63.9 Å². The van der Waals surface area contributed by atoms with E-state index >= 15 is 0 Å². The Hall–Kier alpha value is 2.60. The van der Waals surface area contributed by atoms with E-state index < -0.39 is 20.8 Å². The van der Waals surface area contributed by atoms with Crippen LogP contribution < -0.4 is 0 Å². The fraction of sp³-hybridized carbons (Fsp3) is 0. The predicted molar refractivity (Wildman–Crippen MR) is 66.9 cm³/mol. The molecule has 2 nitrogen and oxygen atoms in total. The number of rotatable bonds is 0. The summed E-state index contributed by atoms with van der Waals surface area (Å²) in [6, 6.07) is 0. The van der Waals surface area contributed by atoms with Crippen LogP contribution in [0.4, 0.5) is 0 Å². The van der Waals surface area contributed by atoms with Crippen LogP contribution in [0, 0.1) is 11.9 Å². The van der Waals surface area contributed by atoms with Crippen molar-refractivity contribution < 1.29 is 20.8 Å². The molecule has 0 fully saturated rings. The Balaban J connectivity index is 0.000000174. The van der Waals surface area contributed by atoms with E-state index in [2.05, 4.69) is 21.4 Å². The van der Waals surface area contributed by atoms with Crippen LogP contribution >= 0.6 is 63.9 Å². The minimum atomic E-state index is -0.826. The fourth-order valence-corrected chi connectivity index (χ4v) is 6.04. The zero-order valence-corrected chi connectivity index (χ0v) is 15.5. The van der Waals surface area contributed by atoms with Gasteiger partial charge in [-0.25, -0.2) is 15.7 Å². The Labute approximate surface area is 105 Å². The SMILES string of the molecule is [Cl][Zr+2][Cl].[c-]1n[pH]pp1.[c-]1n[pH]pp1. The second kappa shape index (κ2) is 14.6. The average molecular weight is 402 g/mol. The van der Waals surface area contributed by atoms with Crippen LogP contribution in [0.2, 0.25) is 0 Å². The van der Waals surface area contributed by atoms with Crippen molar-refractivity contribution in [3.63, 3.8) is 0 Å². The first-order valence-corrected chi connectivity index (χ1v) is 17.5. The molecule has 2 atom stereocenters. The first kappa shape index (κ1) is 15.6. The maximum atomic E-state index is 4.93. The maximum Gasteiger partial charge on any atom is -0.0451 e. The number of hydrogen-bond acceptors (Lipinski definition) is 2. The second-order valence-corrected chi connectivity index (χ2v) is 14.1. The van der Waals surface area contributed by atoms with E-state index in [4.69, 9.17) is 17.0 Å². The van der Waals surface area contributed by atoms with Gasteiger partial charge in [-0.3, -0.25) is 0 Å². The zero-order chi connectivity index (χ0) is 9.78. The van der Waals surface area contributed by atoms with Crippen LogP contribution in [0.1, 0.15) is 0 Å². The summed E-state index contributed by atoms with van der Waals surface area (Å²) in [6.07, 6.45) is 0. The fourth-order valence-electron chi connectivity index (χ4n) is 0.224. The summed E-state index contributed by atoms with van der Waals surface area (Å²) in [4.78, 5) is 0. The summed E-state index contributed by atoms with van der Waals surface area (Å²) < 4.78 is 7.67. The van der Waals surface area contributed by atoms with Gasteiger partial charge in [-0.1, -0.05) is 16.1 Å².